The van der Waals surface area contributed by atoms with Gasteiger partial charge in [-0.3, -0.25) is 4.79 Å². The van der Waals surface area contributed by atoms with Crippen LogP contribution in [0, 0.1) is 0 Å². The fourth-order valence-electron chi connectivity index (χ4n) is 3.07. The molecular formula is C20H20O. The van der Waals surface area contributed by atoms with Crippen molar-refractivity contribution in [2.24, 2.45) is 0 Å². The number of ketones is 1. The number of fused-ring (bicyclic) bond motifs is 1. The molecule has 0 saturated heterocycles. The predicted octanol–water partition coefficient (Wildman–Crippen LogP) is 4.80. The van der Waals surface area contributed by atoms with E-state index in [0.29, 0.717) is 18.6 Å². The van der Waals surface area contributed by atoms with E-state index in [9.17, 15) is 4.79 Å². The zero-order valence-corrected chi connectivity index (χ0v) is 12.4. The summed E-state index contributed by atoms with van der Waals surface area (Å²) < 4.78 is 0. The van der Waals surface area contributed by atoms with Crippen molar-refractivity contribution in [3.63, 3.8) is 0 Å². The second kappa shape index (κ2) is 6.09. The van der Waals surface area contributed by atoms with Crippen molar-refractivity contribution >= 4 is 11.4 Å². The molecular weight excluding hydrogens is 256 g/mol. The first kappa shape index (κ1) is 13.8. The lowest BCUT2D eigenvalue weighted by Gasteiger charge is -2.09. The van der Waals surface area contributed by atoms with Crippen molar-refractivity contribution in [2.75, 3.05) is 0 Å². The lowest BCUT2D eigenvalue weighted by atomic mass is 9.95. The number of allylic oxidation sites excluding steroid dienone is 1. The van der Waals surface area contributed by atoms with Gasteiger partial charge >= 0.3 is 0 Å². The molecule has 0 N–H and O–H groups in total. The van der Waals surface area contributed by atoms with Gasteiger partial charge in [-0.1, -0.05) is 67.1 Å². The van der Waals surface area contributed by atoms with Gasteiger partial charge in [0.05, 0.1) is 0 Å². The molecule has 3 rings (SSSR count). The van der Waals surface area contributed by atoms with Gasteiger partial charge in [-0.05, 0) is 35.1 Å². The summed E-state index contributed by atoms with van der Waals surface area (Å²) in [7, 11) is 0. The Hall–Kier alpha value is -2.15. The zero-order chi connectivity index (χ0) is 14.7. The molecule has 0 radical (unpaired) electrons. The molecule has 0 bridgehead atoms. The van der Waals surface area contributed by atoms with E-state index in [1.54, 1.807) is 0 Å². The van der Waals surface area contributed by atoms with Gasteiger partial charge in [-0.25, -0.2) is 0 Å². The van der Waals surface area contributed by atoms with Gasteiger partial charge in [0.25, 0.3) is 0 Å². The Morgan fingerprint density at radius 2 is 1.71 bits per heavy atom. The summed E-state index contributed by atoms with van der Waals surface area (Å²) >= 11 is 0. The summed E-state index contributed by atoms with van der Waals surface area (Å²) in [6.45, 7) is 1.94. The van der Waals surface area contributed by atoms with Crippen LogP contribution in [0.1, 0.15) is 42.9 Å². The smallest absolute Gasteiger partial charge is 0.132 e. The molecule has 1 nitrogen and oxygen atoms in total. The standard InChI is InChI=1S/C20H20O/c1-2-18(21)13-12-17-14-16-10-6-7-11-19(16)20(17)15-8-4-3-5-9-15/h3-11H,2,12-14H2,1H3. The average Bonchev–Trinajstić information content (AvgIpc) is 2.91. The molecule has 0 heterocycles. The molecule has 1 aliphatic rings. The molecule has 1 heteroatoms. The van der Waals surface area contributed by atoms with Crippen molar-refractivity contribution < 1.29 is 4.79 Å². The van der Waals surface area contributed by atoms with Gasteiger partial charge in [-0.15, -0.1) is 0 Å². The van der Waals surface area contributed by atoms with Crippen LogP contribution in [0.2, 0.25) is 0 Å². The number of hydrogen-bond acceptors (Lipinski definition) is 1. The van der Waals surface area contributed by atoms with Crippen LogP contribution in [-0.4, -0.2) is 5.78 Å². The average molecular weight is 276 g/mol. The Balaban J connectivity index is 1.99. The van der Waals surface area contributed by atoms with Crippen molar-refractivity contribution in [1.82, 2.24) is 0 Å². The summed E-state index contributed by atoms with van der Waals surface area (Å²) in [6, 6.07) is 19.1. The second-order valence-corrected chi connectivity index (χ2v) is 5.57. The van der Waals surface area contributed by atoms with Gasteiger partial charge in [-0.2, -0.15) is 0 Å². The quantitative estimate of drug-likeness (QED) is 0.766. The van der Waals surface area contributed by atoms with Gasteiger partial charge in [0, 0.05) is 12.8 Å². The van der Waals surface area contributed by atoms with E-state index < -0.39 is 0 Å². The maximum absolute atomic E-state index is 11.7. The minimum atomic E-state index is 0.353. The molecule has 21 heavy (non-hydrogen) atoms. The van der Waals surface area contributed by atoms with Crippen LogP contribution in [0.25, 0.3) is 5.57 Å². The third kappa shape index (κ3) is 2.82. The normalized spacial score (nSPS) is 13.4. The number of benzene rings is 2. The highest BCUT2D eigenvalue weighted by Crippen LogP contribution is 2.39. The van der Waals surface area contributed by atoms with E-state index >= 15 is 0 Å². The van der Waals surface area contributed by atoms with Gasteiger partial charge < -0.3 is 0 Å². The zero-order valence-electron chi connectivity index (χ0n) is 12.4. The highest BCUT2D eigenvalue weighted by molar-refractivity contribution is 5.88. The molecule has 0 saturated carbocycles. The number of carbonyl (C=O) groups is 1. The number of Topliss-reactive ketones (excluding diaryl/α,β-unsaturated/α-hetero) is 1. The number of carbonyl (C=O) groups excluding carboxylic acids is 1. The highest BCUT2D eigenvalue weighted by Gasteiger charge is 2.22. The molecule has 1 aliphatic carbocycles. The van der Waals surface area contributed by atoms with Gasteiger partial charge in [0.2, 0.25) is 0 Å². The lowest BCUT2D eigenvalue weighted by Crippen LogP contribution is -1.97. The van der Waals surface area contributed by atoms with Crippen LogP contribution in [0.4, 0.5) is 0 Å². The van der Waals surface area contributed by atoms with Crippen LogP contribution in [0.5, 0.6) is 0 Å². The van der Waals surface area contributed by atoms with E-state index in [-0.39, 0.29) is 0 Å². The lowest BCUT2D eigenvalue weighted by molar-refractivity contribution is -0.118. The van der Waals surface area contributed by atoms with Crippen molar-refractivity contribution in [3.05, 3.63) is 76.9 Å². The largest absolute Gasteiger partial charge is 0.300 e. The van der Waals surface area contributed by atoms with E-state index in [4.69, 9.17) is 0 Å². The molecule has 0 unspecified atom stereocenters. The fraction of sp³-hybridized carbons (Fsp3) is 0.250. The predicted molar refractivity (Wildman–Crippen MR) is 87.1 cm³/mol. The number of rotatable bonds is 5. The summed E-state index contributed by atoms with van der Waals surface area (Å²) in [4.78, 5) is 11.7. The van der Waals surface area contributed by atoms with Crippen LogP contribution >= 0.6 is 0 Å². The first-order chi connectivity index (χ1) is 10.3. The molecule has 0 amide bonds. The molecule has 106 valence electrons. The first-order valence-corrected chi connectivity index (χ1v) is 7.67. The van der Waals surface area contributed by atoms with E-state index in [2.05, 4.69) is 48.5 Å². The van der Waals surface area contributed by atoms with Gasteiger partial charge in [0.1, 0.15) is 5.78 Å². The van der Waals surface area contributed by atoms with E-state index in [1.165, 1.54) is 27.8 Å². The SMILES string of the molecule is CCC(=O)CCC1=C(c2ccccc2)c2ccccc2C1. The number of hydrogen-bond donors (Lipinski definition) is 0. The monoisotopic (exact) mass is 276 g/mol. The van der Waals surface area contributed by atoms with Crippen LogP contribution in [0.15, 0.2) is 60.2 Å². The molecule has 2 aromatic rings. The molecule has 0 fully saturated rings. The summed E-state index contributed by atoms with van der Waals surface area (Å²) in [6.07, 6.45) is 3.17. The highest BCUT2D eigenvalue weighted by atomic mass is 16.1. The summed E-state index contributed by atoms with van der Waals surface area (Å²) in [5, 5.41) is 0. The summed E-state index contributed by atoms with van der Waals surface area (Å²) in [5.41, 5.74) is 6.73. The molecule has 0 atom stereocenters. The Kier molecular flexibility index (Phi) is 4.01. The molecule has 2 aromatic carbocycles. The molecule has 0 aromatic heterocycles. The van der Waals surface area contributed by atoms with Crippen LogP contribution < -0.4 is 0 Å². The Bertz CT molecular complexity index is 680. The Morgan fingerprint density at radius 3 is 2.48 bits per heavy atom. The van der Waals surface area contributed by atoms with Crippen molar-refractivity contribution in [2.45, 2.75) is 32.6 Å². The van der Waals surface area contributed by atoms with E-state index in [1.807, 2.05) is 13.0 Å². The fourth-order valence-corrected chi connectivity index (χ4v) is 3.07. The van der Waals surface area contributed by atoms with Crippen molar-refractivity contribution in [1.29, 1.82) is 0 Å². The van der Waals surface area contributed by atoms with Crippen LogP contribution in [-0.2, 0) is 11.2 Å². The maximum Gasteiger partial charge on any atom is 0.132 e. The van der Waals surface area contributed by atoms with Crippen LogP contribution in [0.3, 0.4) is 0 Å². The Labute approximate surface area is 126 Å². The van der Waals surface area contributed by atoms with Crippen molar-refractivity contribution in [3.8, 4) is 0 Å². The summed E-state index contributed by atoms with van der Waals surface area (Å²) in [5.74, 6) is 0.353. The maximum atomic E-state index is 11.7. The minimum absolute atomic E-state index is 0.353. The molecule has 0 spiro atoms. The third-order valence-electron chi connectivity index (χ3n) is 4.21. The third-order valence-corrected chi connectivity index (χ3v) is 4.21. The van der Waals surface area contributed by atoms with Gasteiger partial charge in [0.15, 0.2) is 0 Å². The Morgan fingerprint density at radius 1 is 1.00 bits per heavy atom. The second-order valence-electron chi connectivity index (χ2n) is 5.57. The minimum Gasteiger partial charge on any atom is -0.300 e. The first-order valence-electron chi connectivity index (χ1n) is 7.67. The van der Waals surface area contributed by atoms with E-state index in [0.717, 1.165) is 12.8 Å². The topological polar surface area (TPSA) is 17.1 Å². The molecule has 0 aliphatic heterocycles.